The van der Waals surface area contributed by atoms with Gasteiger partial charge in [0.2, 0.25) is 11.7 Å². The van der Waals surface area contributed by atoms with Gasteiger partial charge in [-0.2, -0.15) is 5.10 Å². The number of nitrogens with zero attached hydrogens (tertiary/aromatic N) is 1. The van der Waals surface area contributed by atoms with E-state index in [0.29, 0.717) is 17.2 Å². The van der Waals surface area contributed by atoms with Crippen molar-refractivity contribution in [2.75, 3.05) is 21.3 Å². The number of methoxy groups -OCH3 is 3. The summed E-state index contributed by atoms with van der Waals surface area (Å²) in [6.07, 6.45) is 2.41. The number of hydrazone groups is 1. The second kappa shape index (κ2) is 8.78. The number of ether oxygens (including phenoxy) is 3. The monoisotopic (exact) mass is 410 g/mol. The van der Waals surface area contributed by atoms with E-state index in [2.05, 4.69) is 55.6 Å². The van der Waals surface area contributed by atoms with Crippen LogP contribution in [0.4, 0.5) is 0 Å². The number of carbonyl (C=O) groups is 1. The number of carbonyl (C=O) groups excluding carboxylic acids is 1. The van der Waals surface area contributed by atoms with Crippen molar-refractivity contribution in [2.45, 2.75) is 38.5 Å². The molecule has 0 bridgehead atoms. The molecule has 160 valence electrons. The summed E-state index contributed by atoms with van der Waals surface area (Å²) in [7, 11) is 4.67. The Morgan fingerprint density at radius 1 is 1.03 bits per heavy atom. The van der Waals surface area contributed by atoms with E-state index >= 15 is 0 Å². The molecular formula is C24H30N2O4. The highest BCUT2D eigenvalue weighted by Gasteiger charge is 2.44. The Labute approximate surface area is 178 Å². The highest BCUT2D eigenvalue weighted by atomic mass is 16.5. The van der Waals surface area contributed by atoms with Gasteiger partial charge >= 0.3 is 0 Å². The second-order valence-electron chi connectivity index (χ2n) is 8.51. The van der Waals surface area contributed by atoms with E-state index in [1.54, 1.807) is 39.7 Å². The molecule has 6 nitrogen and oxygen atoms in total. The maximum absolute atomic E-state index is 12.5. The lowest BCUT2D eigenvalue weighted by molar-refractivity contribution is -0.122. The normalized spacial score (nSPS) is 18.2. The lowest BCUT2D eigenvalue weighted by Crippen LogP contribution is -2.20. The minimum Gasteiger partial charge on any atom is -0.493 e. The van der Waals surface area contributed by atoms with E-state index in [1.807, 2.05) is 0 Å². The highest BCUT2D eigenvalue weighted by Crippen LogP contribution is 2.47. The molecule has 30 heavy (non-hydrogen) atoms. The quantitative estimate of drug-likeness (QED) is 0.547. The third-order valence-electron chi connectivity index (χ3n) is 5.41. The Balaban J connectivity index is 1.61. The van der Waals surface area contributed by atoms with E-state index in [1.165, 1.54) is 11.1 Å². The van der Waals surface area contributed by atoms with Gasteiger partial charge in [-0.15, -0.1) is 0 Å². The molecule has 2 aromatic carbocycles. The van der Waals surface area contributed by atoms with Gasteiger partial charge in [0.1, 0.15) is 0 Å². The zero-order valence-electron chi connectivity index (χ0n) is 18.5. The van der Waals surface area contributed by atoms with Crippen LogP contribution in [0.15, 0.2) is 41.5 Å². The zero-order valence-corrected chi connectivity index (χ0v) is 18.5. The van der Waals surface area contributed by atoms with Crippen LogP contribution in [0.25, 0.3) is 0 Å². The summed E-state index contributed by atoms with van der Waals surface area (Å²) in [4.78, 5) is 12.5. The number of rotatable bonds is 7. The summed E-state index contributed by atoms with van der Waals surface area (Å²) in [5, 5.41) is 4.11. The molecule has 2 atom stereocenters. The molecule has 1 aliphatic carbocycles. The van der Waals surface area contributed by atoms with E-state index in [0.717, 1.165) is 12.0 Å². The predicted molar refractivity (Wildman–Crippen MR) is 118 cm³/mol. The van der Waals surface area contributed by atoms with Crippen LogP contribution < -0.4 is 19.6 Å². The maximum Gasteiger partial charge on any atom is 0.243 e. The van der Waals surface area contributed by atoms with Gasteiger partial charge in [-0.25, -0.2) is 5.43 Å². The maximum atomic E-state index is 12.5. The molecule has 1 saturated carbocycles. The molecule has 0 heterocycles. The number of nitrogens with one attached hydrogen (secondary N) is 1. The van der Waals surface area contributed by atoms with Gasteiger partial charge in [-0.05, 0) is 41.0 Å². The third kappa shape index (κ3) is 4.75. The molecule has 2 aromatic rings. The van der Waals surface area contributed by atoms with Crippen molar-refractivity contribution in [3.8, 4) is 17.2 Å². The van der Waals surface area contributed by atoms with E-state index in [4.69, 9.17) is 14.2 Å². The molecule has 6 heteroatoms. The average Bonchev–Trinajstić information content (AvgIpc) is 3.53. The Hall–Kier alpha value is -3.02. The predicted octanol–water partition coefficient (Wildman–Crippen LogP) is 4.26. The molecule has 0 aliphatic heterocycles. The number of amides is 1. The lowest BCUT2D eigenvalue weighted by Gasteiger charge is -2.19. The molecule has 3 rings (SSSR count). The Kier molecular flexibility index (Phi) is 6.34. The molecule has 0 radical (unpaired) electrons. The molecule has 0 unspecified atom stereocenters. The molecular weight excluding hydrogens is 380 g/mol. The van der Waals surface area contributed by atoms with Gasteiger partial charge in [0, 0.05) is 11.5 Å². The average molecular weight is 411 g/mol. The fourth-order valence-electron chi connectivity index (χ4n) is 3.51. The van der Waals surface area contributed by atoms with Gasteiger partial charge in [0.15, 0.2) is 11.5 Å². The van der Waals surface area contributed by atoms with E-state index in [9.17, 15) is 4.79 Å². The van der Waals surface area contributed by atoms with Crippen LogP contribution >= 0.6 is 0 Å². The molecule has 0 saturated heterocycles. The molecule has 0 aromatic heterocycles. The van der Waals surface area contributed by atoms with Gasteiger partial charge in [0.05, 0.1) is 27.5 Å². The lowest BCUT2D eigenvalue weighted by atomic mass is 9.86. The van der Waals surface area contributed by atoms with Gasteiger partial charge < -0.3 is 14.2 Å². The number of hydrogen-bond acceptors (Lipinski definition) is 5. The van der Waals surface area contributed by atoms with Crippen molar-refractivity contribution in [3.63, 3.8) is 0 Å². The number of hydrogen-bond donors (Lipinski definition) is 1. The fraction of sp³-hybridized carbons (Fsp3) is 0.417. The van der Waals surface area contributed by atoms with Crippen LogP contribution in [-0.2, 0) is 10.2 Å². The zero-order chi connectivity index (χ0) is 21.9. The van der Waals surface area contributed by atoms with Gasteiger partial charge in [-0.3, -0.25) is 4.79 Å². The van der Waals surface area contributed by atoms with Crippen LogP contribution in [0.3, 0.4) is 0 Å². The largest absolute Gasteiger partial charge is 0.493 e. The topological polar surface area (TPSA) is 69.2 Å². The summed E-state index contributed by atoms with van der Waals surface area (Å²) in [5.74, 6) is 1.73. The molecule has 1 amide bonds. The first kappa shape index (κ1) is 21.7. The Morgan fingerprint density at radius 3 is 2.13 bits per heavy atom. The van der Waals surface area contributed by atoms with Crippen LogP contribution in [0.1, 0.15) is 49.8 Å². The SMILES string of the molecule is COc1cc(/C=N\NC(=O)[C@H]2C[C@H]2c2ccc(C(C)(C)C)cc2)cc(OC)c1OC. The van der Waals surface area contributed by atoms with Crippen molar-refractivity contribution >= 4 is 12.1 Å². The number of benzene rings is 2. The van der Waals surface area contributed by atoms with Crippen molar-refractivity contribution in [1.82, 2.24) is 5.43 Å². The first-order chi connectivity index (χ1) is 14.3. The summed E-state index contributed by atoms with van der Waals surface area (Å²) >= 11 is 0. The summed E-state index contributed by atoms with van der Waals surface area (Å²) in [6, 6.07) is 12.1. The van der Waals surface area contributed by atoms with Crippen molar-refractivity contribution < 1.29 is 19.0 Å². The van der Waals surface area contributed by atoms with Crippen LogP contribution in [0, 0.1) is 5.92 Å². The highest BCUT2D eigenvalue weighted by molar-refractivity contribution is 5.86. The summed E-state index contributed by atoms with van der Waals surface area (Å²) in [5.41, 5.74) is 6.01. The fourth-order valence-corrected chi connectivity index (χ4v) is 3.51. The minimum absolute atomic E-state index is 0.0393. The van der Waals surface area contributed by atoms with Crippen LogP contribution in [0.5, 0.6) is 17.2 Å². The first-order valence-corrected chi connectivity index (χ1v) is 10.0. The smallest absolute Gasteiger partial charge is 0.243 e. The van der Waals surface area contributed by atoms with Crippen molar-refractivity contribution in [2.24, 2.45) is 11.0 Å². The Bertz CT molecular complexity index is 904. The van der Waals surface area contributed by atoms with Gasteiger partial charge in [-0.1, -0.05) is 45.0 Å². The van der Waals surface area contributed by atoms with E-state index < -0.39 is 0 Å². The van der Waals surface area contributed by atoms with E-state index in [-0.39, 0.29) is 23.2 Å². The standard InChI is InChI=1S/C24H30N2O4/c1-24(2,3)17-9-7-16(8-10-17)18-13-19(18)23(27)26-25-14-15-11-20(28-4)22(30-6)21(12-15)29-5/h7-12,14,18-19H,13H2,1-6H3,(H,26,27)/b25-14-/t18-,19-/m0/s1. The minimum atomic E-state index is -0.0661. The third-order valence-corrected chi connectivity index (χ3v) is 5.41. The molecule has 1 N–H and O–H groups in total. The Morgan fingerprint density at radius 2 is 1.63 bits per heavy atom. The van der Waals surface area contributed by atoms with Crippen LogP contribution in [0.2, 0.25) is 0 Å². The summed E-state index contributed by atoms with van der Waals surface area (Å²) < 4.78 is 16.0. The van der Waals surface area contributed by atoms with Crippen molar-refractivity contribution in [3.05, 3.63) is 53.1 Å². The molecule has 0 spiro atoms. The first-order valence-electron chi connectivity index (χ1n) is 10.0. The van der Waals surface area contributed by atoms with Crippen molar-refractivity contribution in [1.29, 1.82) is 0 Å². The summed E-state index contributed by atoms with van der Waals surface area (Å²) in [6.45, 7) is 6.59. The van der Waals surface area contributed by atoms with Gasteiger partial charge in [0.25, 0.3) is 0 Å². The molecule has 1 fully saturated rings. The van der Waals surface area contributed by atoms with Crippen LogP contribution in [-0.4, -0.2) is 33.5 Å². The second-order valence-corrected chi connectivity index (χ2v) is 8.51. The molecule has 1 aliphatic rings.